The van der Waals surface area contributed by atoms with Gasteiger partial charge in [-0.15, -0.1) is 0 Å². The number of aryl methyl sites for hydroxylation is 3. The number of phenolic OH excluding ortho intramolecular Hbond substituents is 2. The van der Waals surface area contributed by atoms with Crippen molar-refractivity contribution in [3.8, 4) is 51.7 Å². The molecular formula is C92H70AlBeMgN9O9Zn+4. The Morgan fingerprint density at radius 2 is 0.553 bits per heavy atom. The summed E-state index contributed by atoms with van der Waals surface area (Å²) in [6.07, 6.45) is 15.9. The minimum Gasteiger partial charge on any atom is -0.872 e. The number of nitrogens with zero attached hydrogens (tertiary/aromatic N) is 5. The molecule has 6 N–H and O–H groups in total. The Bertz CT molecular complexity index is 6090. The van der Waals surface area contributed by atoms with Crippen LogP contribution in [0, 0.1) is 20.8 Å². The number of benzene rings is 11. The Morgan fingerprint density at radius 1 is 0.281 bits per heavy atom. The Morgan fingerprint density at radius 3 is 0.904 bits per heavy atom. The van der Waals surface area contributed by atoms with E-state index in [4.69, 9.17) is 11.4 Å². The molecule has 18 nitrogen and oxygen atoms in total. The first-order valence-corrected chi connectivity index (χ1v) is 36.9. The molecule has 0 amide bonds. The van der Waals surface area contributed by atoms with Crippen molar-refractivity contribution in [2.45, 2.75) is 20.8 Å². The largest absolute Gasteiger partial charge is 2.00 e. The Labute approximate surface area is 692 Å². The molecule has 0 aliphatic rings. The van der Waals surface area contributed by atoms with E-state index in [0.717, 1.165) is 114 Å². The molecule has 0 unspecified atom stereocenters. The molecule has 9 heterocycles. The van der Waals surface area contributed by atoms with Gasteiger partial charge in [0.25, 0.3) is 0 Å². The summed E-state index contributed by atoms with van der Waals surface area (Å²) >= 11 is -2.90. The van der Waals surface area contributed by atoms with Crippen LogP contribution in [0.25, 0.3) is 120 Å². The van der Waals surface area contributed by atoms with E-state index in [1.54, 1.807) is 116 Å². The number of para-hydroxylation sites is 7. The number of nitrogens with one attached hydrogen (secondary N) is 4. The van der Waals surface area contributed by atoms with Crippen molar-refractivity contribution in [3.63, 3.8) is 0 Å². The number of hydrogen-bond donors (Lipinski definition) is 2. The van der Waals surface area contributed by atoms with Gasteiger partial charge in [0.2, 0.25) is 22.1 Å². The van der Waals surface area contributed by atoms with E-state index < -0.39 is 15.1 Å². The number of H-pyrrole nitrogens is 4. The van der Waals surface area contributed by atoms with Crippen LogP contribution < -0.4 is 51.7 Å². The number of rotatable bonds is 6. The molecule has 20 rings (SSSR count). The fourth-order valence-electron chi connectivity index (χ4n) is 12.8. The third kappa shape index (κ3) is 19.1. The van der Waals surface area contributed by atoms with E-state index in [2.05, 4.69) is 65.6 Å². The average molecular weight is 1570 g/mol. The quantitative estimate of drug-likeness (QED) is 0.116. The van der Waals surface area contributed by atoms with E-state index in [1.165, 1.54) is 0 Å². The monoisotopic (exact) mass is 1570 g/mol. The second-order valence-corrected chi connectivity index (χ2v) is 26.9. The van der Waals surface area contributed by atoms with Gasteiger partial charge in [0.05, 0.1) is 0 Å². The fourth-order valence-corrected chi connectivity index (χ4v) is 14.2. The number of aromatic hydroxyl groups is 2. The van der Waals surface area contributed by atoms with Crippen LogP contribution >= 0.6 is 0 Å². The van der Waals surface area contributed by atoms with Gasteiger partial charge in [0, 0.05) is 134 Å². The van der Waals surface area contributed by atoms with Crippen molar-refractivity contribution in [2.75, 3.05) is 0 Å². The summed E-state index contributed by atoms with van der Waals surface area (Å²) in [6, 6.07) is 86.5. The summed E-state index contributed by atoms with van der Waals surface area (Å²) in [5.41, 5.74) is 10.2. The van der Waals surface area contributed by atoms with Crippen LogP contribution in [0.4, 0.5) is 0 Å². The van der Waals surface area contributed by atoms with Crippen molar-refractivity contribution < 1.29 is 81.4 Å². The zero-order valence-corrected chi connectivity index (χ0v) is 68.0. The summed E-state index contributed by atoms with van der Waals surface area (Å²) in [7, 11) is 0. The number of fused-ring (bicyclic) bond motifs is 13. The Kier molecular flexibility index (Phi) is 27.8. The maximum atomic E-state index is 11.8. The van der Waals surface area contributed by atoms with Crippen LogP contribution in [-0.4, -0.2) is 83.5 Å². The molecule has 0 aliphatic carbocycles. The van der Waals surface area contributed by atoms with E-state index in [9.17, 15) is 30.6 Å². The standard InChI is InChI=1S/2C13H9NO.3C10H9NO.4C9H7NO.Al.Be.Mg.Zn/c2*15-11-5-1-3-9-6-7-10-4-2-8-14-13(10)12(9)11;3*1-7-5-6-11-10-8(7)3-2-4-9(10)12;4*11-8-5-1-3-7-4-2-6-10-9(7)8;;;;/h2*1-8,15H;3*2-6,12H,1H3;4*1-6,11H;;;;/q;;;;;;;;;+3;2*+2;/p-3. The summed E-state index contributed by atoms with van der Waals surface area (Å²) in [4.78, 5) is 33.9. The normalized spacial score (nSPS) is 10.4. The van der Waals surface area contributed by atoms with Gasteiger partial charge >= 0.3 is 48.3 Å². The molecule has 0 fully saturated rings. The van der Waals surface area contributed by atoms with Crippen molar-refractivity contribution in [1.29, 1.82) is 0 Å². The van der Waals surface area contributed by atoms with Gasteiger partial charge in [0.15, 0.2) is 24.8 Å². The van der Waals surface area contributed by atoms with Gasteiger partial charge in [-0.2, -0.15) is 0 Å². The number of aromatic nitrogens is 9. The molecule has 0 bridgehead atoms. The van der Waals surface area contributed by atoms with Gasteiger partial charge in [-0.25, -0.2) is 19.9 Å². The number of aromatic amines is 4. The molecule has 542 valence electrons. The Hall–Kier alpha value is -13.1. The average Bonchev–Trinajstić information content (AvgIpc) is 0.835. The first-order chi connectivity index (χ1) is 54.3. The van der Waals surface area contributed by atoms with Crippen molar-refractivity contribution in [3.05, 3.63) is 352 Å². The number of phenols is 2. The number of pyridine rings is 9. The van der Waals surface area contributed by atoms with Crippen LogP contribution in [-0.2, 0) is 19.5 Å². The third-order valence-electron chi connectivity index (χ3n) is 18.3. The first kappa shape index (κ1) is 81.9. The topological polar surface area (TPSA) is 281 Å². The van der Waals surface area contributed by atoms with Crippen LogP contribution in [0.1, 0.15) is 16.7 Å². The molecule has 22 heteroatoms. The van der Waals surface area contributed by atoms with Crippen molar-refractivity contribution >= 4 is 168 Å². The SMILES string of the molecule is Cc1ccnc2c([O][Al]([O]c3cccc4c(C)ccnc34)[O]c3cccc4c(C)ccnc34)cccc12.Oc1cccc2cccnc12.Oc1cccc2cccnc12.[Be+2].[Mg+2].[O-]c1cccc2ccc3ccc[nH+]c3c12.[O-]c1cccc2ccc3ccc[nH+]c3c12.[O-]c1cccc2ccc[nH+]c12.[O-]c1cccc2ccc[nH+]c12.[Zn]. The fraction of sp³-hybridized carbons (Fsp3) is 0.0326. The van der Waals surface area contributed by atoms with Crippen LogP contribution in [0.5, 0.6) is 51.7 Å². The molecule has 0 saturated heterocycles. The third-order valence-corrected chi connectivity index (χ3v) is 19.7. The Balaban J connectivity index is 0.000000140. The van der Waals surface area contributed by atoms with E-state index in [1.807, 2.05) is 219 Å². The first-order valence-electron chi connectivity index (χ1n) is 35.5. The molecular weight excluding hydrogens is 1500 g/mol. The maximum Gasteiger partial charge on any atom is 2.00 e. The van der Waals surface area contributed by atoms with Crippen LogP contribution in [0.15, 0.2) is 335 Å². The molecule has 0 aliphatic heterocycles. The molecule has 0 saturated carbocycles. The molecule has 20 aromatic rings. The number of hydrogen-bond acceptors (Lipinski definition) is 14. The van der Waals surface area contributed by atoms with E-state index >= 15 is 0 Å². The smallest absolute Gasteiger partial charge is 0.872 e. The molecule has 114 heavy (non-hydrogen) atoms. The zero-order chi connectivity index (χ0) is 76.6. The van der Waals surface area contributed by atoms with E-state index in [-0.39, 0.29) is 87.1 Å². The predicted octanol–water partition coefficient (Wildman–Crippen LogP) is 15.1. The molecule has 11 aromatic carbocycles. The minimum atomic E-state index is -2.90. The van der Waals surface area contributed by atoms with Crippen LogP contribution in [0.3, 0.4) is 0 Å². The van der Waals surface area contributed by atoms with Gasteiger partial charge in [0.1, 0.15) is 56.3 Å². The minimum absolute atomic E-state index is 0. The predicted molar refractivity (Wildman–Crippen MR) is 440 cm³/mol. The maximum absolute atomic E-state index is 11.8. The molecule has 0 spiro atoms. The van der Waals surface area contributed by atoms with Gasteiger partial charge < -0.3 is 42.0 Å². The second kappa shape index (κ2) is 38.7. The molecule has 9 aromatic heterocycles. The van der Waals surface area contributed by atoms with Crippen LogP contribution in [0.2, 0.25) is 0 Å². The van der Waals surface area contributed by atoms with Gasteiger partial charge in [-0.3, -0.25) is 24.9 Å². The summed E-state index contributed by atoms with van der Waals surface area (Å²) in [6.45, 7) is 6.18. The summed E-state index contributed by atoms with van der Waals surface area (Å²) in [5, 5.41) is 77.0. The zero-order valence-electron chi connectivity index (χ0n) is 62.4. The van der Waals surface area contributed by atoms with Gasteiger partial charge in [-0.05, 0) is 169 Å². The molecule has 0 atom stereocenters. The summed E-state index contributed by atoms with van der Waals surface area (Å²) in [5.74, 6) is 2.56. The summed E-state index contributed by atoms with van der Waals surface area (Å²) < 4.78 is 19.6. The van der Waals surface area contributed by atoms with Crippen molar-refractivity contribution in [1.82, 2.24) is 24.9 Å². The van der Waals surface area contributed by atoms with E-state index in [0.29, 0.717) is 39.3 Å². The van der Waals surface area contributed by atoms with Gasteiger partial charge in [-0.1, -0.05) is 157 Å². The molecule has 0 radical (unpaired) electrons. The van der Waals surface area contributed by atoms with Crippen molar-refractivity contribution in [2.24, 2.45) is 0 Å². The second-order valence-electron chi connectivity index (χ2n) is 25.6.